The maximum atomic E-state index is 13.6. The number of carbonyl (C=O) groups excluding carboxylic acids is 2. The van der Waals surface area contributed by atoms with Crippen LogP contribution in [0.1, 0.15) is 40.8 Å². The van der Waals surface area contributed by atoms with Crippen molar-refractivity contribution in [2.45, 2.75) is 38.6 Å². The molecule has 0 aliphatic carbocycles. The molecule has 10 heteroatoms. The van der Waals surface area contributed by atoms with E-state index < -0.39 is 22.5 Å². The van der Waals surface area contributed by atoms with E-state index in [0.29, 0.717) is 17.0 Å². The van der Waals surface area contributed by atoms with Gasteiger partial charge in [-0.05, 0) is 98.5 Å². The Morgan fingerprint density at radius 3 is 2.11 bits per heavy atom. The van der Waals surface area contributed by atoms with E-state index in [1.807, 2.05) is 64.1 Å². The quantitative estimate of drug-likeness (QED) is 0.168. The predicted octanol–water partition coefficient (Wildman–Crippen LogP) is 5.21. The molecule has 44 heavy (non-hydrogen) atoms. The molecule has 0 heterocycles. The smallest absolute Gasteiger partial charge is 0.264 e. The molecule has 9 nitrogen and oxygen atoms in total. The Hall–Kier alpha value is -4.96. The molecule has 0 aromatic heterocycles. The molecule has 4 rings (SSSR count). The zero-order valence-electron chi connectivity index (χ0n) is 25.2. The number of ether oxygens (including phenoxy) is 1. The number of aryl methyl sites for hydroxylation is 3. The molecule has 0 bridgehead atoms. The van der Waals surface area contributed by atoms with Gasteiger partial charge in [-0.1, -0.05) is 54.1 Å². The number of rotatable bonds is 12. The van der Waals surface area contributed by atoms with Gasteiger partial charge in [0.1, 0.15) is 12.3 Å². The molecular formula is C34H36N4O5S. The van der Waals surface area contributed by atoms with Crippen molar-refractivity contribution in [3.05, 3.63) is 125 Å². The Morgan fingerprint density at radius 2 is 1.48 bits per heavy atom. The number of carbonyl (C=O) groups is 2. The van der Waals surface area contributed by atoms with E-state index in [9.17, 15) is 18.0 Å². The van der Waals surface area contributed by atoms with Crippen LogP contribution in [0.15, 0.2) is 107 Å². The number of nitrogens with one attached hydrogen (secondary N) is 2. The van der Waals surface area contributed by atoms with Gasteiger partial charge in [-0.15, -0.1) is 0 Å². The molecule has 0 fully saturated rings. The van der Waals surface area contributed by atoms with Crippen LogP contribution in [0.3, 0.4) is 0 Å². The summed E-state index contributed by atoms with van der Waals surface area (Å²) in [5, 5.41) is 6.90. The first-order valence-electron chi connectivity index (χ1n) is 14.1. The summed E-state index contributed by atoms with van der Waals surface area (Å²) in [5.74, 6) is -0.347. The van der Waals surface area contributed by atoms with Crippen molar-refractivity contribution >= 4 is 33.7 Å². The molecule has 4 aromatic carbocycles. The zero-order valence-corrected chi connectivity index (χ0v) is 26.0. The van der Waals surface area contributed by atoms with Crippen molar-refractivity contribution in [1.82, 2.24) is 10.7 Å². The molecule has 0 saturated heterocycles. The molecule has 4 aromatic rings. The van der Waals surface area contributed by atoms with Crippen molar-refractivity contribution in [2.75, 3.05) is 17.5 Å². The van der Waals surface area contributed by atoms with Crippen LogP contribution in [0, 0.1) is 20.8 Å². The number of anilines is 1. The molecule has 0 unspecified atom stereocenters. The summed E-state index contributed by atoms with van der Waals surface area (Å²) >= 11 is 0. The summed E-state index contributed by atoms with van der Waals surface area (Å²) in [6.07, 6.45) is 1.44. The standard InChI is InChI=1S/C34H36N4O5S/c1-24-10-16-32(17-11-24)44(41,42)38(30-19-25(2)18-26(3)20-30)22-33(39)37-35-21-28-12-14-31(15-13-28)43-23-34(40)36-27(4)29-8-6-5-7-9-29/h5-21,27H,22-23H2,1-4H3,(H,36,40)(H,37,39)/b35-21-/t27-/m1/s1. The van der Waals surface area contributed by atoms with E-state index in [4.69, 9.17) is 4.74 Å². The van der Waals surface area contributed by atoms with Crippen molar-refractivity contribution in [3.63, 3.8) is 0 Å². The molecule has 0 aliphatic rings. The van der Waals surface area contributed by atoms with Gasteiger partial charge in [0.05, 0.1) is 22.8 Å². The Morgan fingerprint density at radius 1 is 0.841 bits per heavy atom. The number of nitrogens with zero attached hydrogens (tertiary/aromatic N) is 2. The minimum Gasteiger partial charge on any atom is -0.484 e. The second kappa shape index (κ2) is 14.5. The minimum absolute atomic E-state index is 0.0871. The lowest BCUT2D eigenvalue weighted by molar-refractivity contribution is -0.123. The fourth-order valence-corrected chi connectivity index (χ4v) is 5.90. The fourth-order valence-electron chi connectivity index (χ4n) is 4.50. The molecule has 228 valence electrons. The SMILES string of the molecule is Cc1ccc(S(=O)(=O)N(CC(=O)N/N=C\c2ccc(OCC(=O)N[C@H](C)c3ccccc3)cc2)c2cc(C)cc(C)c2)cc1. The van der Waals surface area contributed by atoms with Crippen LogP contribution >= 0.6 is 0 Å². The third-order valence-electron chi connectivity index (χ3n) is 6.72. The van der Waals surface area contributed by atoms with Crippen molar-refractivity contribution in [2.24, 2.45) is 5.10 Å². The monoisotopic (exact) mass is 612 g/mol. The van der Waals surface area contributed by atoms with Gasteiger partial charge in [0, 0.05) is 0 Å². The third-order valence-corrected chi connectivity index (χ3v) is 8.51. The lowest BCUT2D eigenvalue weighted by Gasteiger charge is -2.24. The van der Waals surface area contributed by atoms with Gasteiger partial charge in [0.25, 0.3) is 21.8 Å². The number of sulfonamides is 1. The molecular weight excluding hydrogens is 576 g/mol. The molecule has 1 atom stereocenters. The zero-order chi connectivity index (χ0) is 31.7. The average molecular weight is 613 g/mol. The summed E-state index contributed by atoms with van der Waals surface area (Å²) < 4.78 is 33.9. The van der Waals surface area contributed by atoms with Crippen LogP contribution in [-0.2, 0) is 19.6 Å². The number of amides is 2. The normalized spacial score (nSPS) is 12.0. The summed E-state index contributed by atoms with van der Waals surface area (Å²) in [6, 6.07) is 28.2. The lowest BCUT2D eigenvalue weighted by Crippen LogP contribution is -2.39. The van der Waals surface area contributed by atoms with E-state index in [2.05, 4.69) is 15.8 Å². The Balaban J connectivity index is 1.35. The maximum Gasteiger partial charge on any atom is 0.264 e. The van der Waals surface area contributed by atoms with E-state index in [-0.39, 0.29) is 23.5 Å². The van der Waals surface area contributed by atoms with Crippen molar-refractivity contribution in [1.29, 1.82) is 0 Å². The largest absolute Gasteiger partial charge is 0.484 e. The summed E-state index contributed by atoms with van der Waals surface area (Å²) in [5.41, 5.74) is 7.15. The van der Waals surface area contributed by atoms with Gasteiger partial charge in [-0.25, -0.2) is 13.8 Å². The van der Waals surface area contributed by atoms with Crippen molar-refractivity contribution < 1.29 is 22.7 Å². The number of hydrogen-bond acceptors (Lipinski definition) is 6. The second-order valence-corrected chi connectivity index (χ2v) is 12.4. The van der Waals surface area contributed by atoms with Gasteiger partial charge in [-0.3, -0.25) is 13.9 Å². The summed E-state index contributed by atoms with van der Waals surface area (Å²) in [6.45, 7) is 6.92. The van der Waals surface area contributed by atoms with Gasteiger partial charge >= 0.3 is 0 Å². The highest BCUT2D eigenvalue weighted by Crippen LogP contribution is 2.26. The lowest BCUT2D eigenvalue weighted by atomic mass is 10.1. The van der Waals surface area contributed by atoms with Crippen LogP contribution in [0.5, 0.6) is 5.75 Å². The van der Waals surface area contributed by atoms with Crippen LogP contribution in [-0.4, -0.2) is 39.6 Å². The topological polar surface area (TPSA) is 117 Å². The molecule has 0 saturated carbocycles. The average Bonchev–Trinajstić information content (AvgIpc) is 2.99. The van der Waals surface area contributed by atoms with Crippen LogP contribution < -0.4 is 19.8 Å². The molecule has 0 aliphatic heterocycles. The minimum atomic E-state index is -4.04. The highest BCUT2D eigenvalue weighted by molar-refractivity contribution is 7.92. The number of hydrazone groups is 1. The summed E-state index contributed by atoms with van der Waals surface area (Å²) in [4.78, 5) is 25.3. The van der Waals surface area contributed by atoms with Crippen LogP contribution in [0.25, 0.3) is 0 Å². The highest BCUT2D eigenvalue weighted by Gasteiger charge is 2.27. The highest BCUT2D eigenvalue weighted by atomic mass is 32.2. The predicted molar refractivity (Wildman–Crippen MR) is 172 cm³/mol. The van der Waals surface area contributed by atoms with Crippen molar-refractivity contribution in [3.8, 4) is 5.75 Å². The first kappa shape index (κ1) is 32.0. The molecule has 0 radical (unpaired) electrons. The van der Waals surface area contributed by atoms with E-state index in [1.54, 1.807) is 48.5 Å². The number of hydrogen-bond donors (Lipinski definition) is 2. The first-order chi connectivity index (χ1) is 21.0. The number of benzene rings is 4. The van der Waals surface area contributed by atoms with E-state index in [0.717, 1.165) is 26.6 Å². The van der Waals surface area contributed by atoms with Crippen LogP contribution in [0.2, 0.25) is 0 Å². The van der Waals surface area contributed by atoms with Gasteiger partial charge < -0.3 is 10.1 Å². The van der Waals surface area contributed by atoms with E-state index >= 15 is 0 Å². The third kappa shape index (κ3) is 8.78. The van der Waals surface area contributed by atoms with Crippen LogP contribution in [0.4, 0.5) is 5.69 Å². The van der Waals surface area contributed by atoms with Gasteiger partial charge in [0.2, 0.25) is 0 Å². The Kier molecular flexibility index (Phi) is 10.5. The molecule has 0 spiro atoms. The van der Waals surface area contributed by atoms with E-state index in [1.165, 1.54) is 18.3 Å². The summed E-state index contributed by atoms with van der Waals surface area (Å²) in [7, 11) is -4.04. The second-order valence-electron chi connectivity index (χ2n) is 10.5. The molecule has 2 N–H and O–H groups in total. The first-order valence-corrected chi connectivity index (χ1v) is 15.5. The fraction of sp³-hybridized carbons (Fsp3) is 0.206. The maximum absolute atomic E-state index is 13.6. The Labute approximate surface area is 258 Å². The van der Waals surface area contributed by atoms with Gasteiger partial charge in [0.15, 0.2) is 6.61 Å². The molecule has 2 amide bonds. The van der Waals surface area contributed by atoms with Gasteiger partial charge in [-0.2, -0.15) is 5.10 Å². The Bertz CT molecular complexity index is 1700.